The molecule has 0 aliphatic rings. The molecule has 5 nitrogen and oxygen atoms in total. The highest BCUT2D eigenvalue weighted by molar-refractivity contribution is 6.74. The highest BCUT2D eigenvalue weighted by atomic mass is 28.4. The van der Waals surface area contributed by atoms with Crippen molar-refractivity contribution in [2.75, 3.05) is 12.3 Å². The van der Waals surface area contributed by atoms with E-state index in [0.717, 1.165) is 0 Å². The van der Waals surface area contributed by atoms with E-state index in [1.54, 1.807) is 24.4 Å². The summed E-state index contributed by atoms with van der Waals surface area (Å²) in [6.07, 6.45) is 1.08. The number of anilines is 1. The van der Waals surface area contributed by atoms with Crippen molar-refractivity contribution in [3.63, 3.8) is 0 Å². The van der Waals surface area contributed by atoms with E-state index < -0.39 is 14.4 Å². The summed E-state index contributed by atoms with van der Waals surface area (Å²) >= 11 is 0. The topological polar surface area (TPSA) is 70.3 Å². The second-order valence-electron chi connectivity index (χ2n) is 7.47. The van der Waals surface area contributed by atoms with Gasteiger partial charge in [0, 0.05) is 12.3 Å². The van der Waals surface area contributed by atoms with Crippen molar-refractivity contribution in [2.24, 2.45) is 0 Å². The lowest BCUT2D eigenvalue weighted by Crippen LogP contribution is -2.42. The quantitative estimate of drug-likeness (QED) is 0.773. The smallest absolute Gasteiger partial charge is 0.220 e. The first-order chi connectivity index (χ1) is 11.6. The van der Waals surface area contributed by atoms with Gasteiger partial charge in [0.2, 0.25) is 5.95 Å². The minimum absolute atomic E-state index is 0.0705. The monoisotopic (exact) mass is 363 g/mol. The Balaban J connectivity index is 2.23. The number of hydrogen-bond donors (Lipinski definition) is 1. The molecule has 136 valence electrons. The number of nitrogens with zero attached hydrogens (tertiary/aromatic N) is 2. The van der Waals surface area contributed by atoms with Gasteiger partial charge in [-0.15, -0.1) is 0 Å². The Morgan fingerprint density at radius 2 is 1.96 bits per heavy atom. The molecule has 7 heteroatoms. The van der Waals surface area contributed by atoms with Gasteiger partial charge in [-0.2, -0.15) is 0 Å². The summed E-state index contributed by atoms with van der Waals surface area (Å²) in [7, 11) is -1.97. The lowest BCUT2D eigenvalue weighted by Gasteiger charge is -2.37. The standard InChI is InChI=1S/C18H26FN3O2Si/c1-18(2,3)25(4,5)23-12-16(15-9-10-21-17(20)22-15)24-14-8-6-7-13(19)11-14/h6-11,16H,12H2,1-5H3,(H2,20,21,22). The van der Waals surface area contributed by atoms with Gasteiger partial charge in [-0.3, -0.25) is 0 Å². The van der Waals surface area contributed by atoms with E-state index in [4.69, 9.17) is 14.9 Å². The van der Waals surface area contributed by atoms with Crippen molar-refractivity contribution in [2.45, 2.75) is 45.0 Å². The normalized spacial score (nSPS) is 13.5. The van der Waals surface area contributed by atoms with Gasteiger partial charge in [-0.1, -0.05) is 26.8 Å². The van der Waals surface area contributed by atoms with Crippen molar-refractivity contribution in [1.82, 2.24) is 9.97 Å². The second kappa shape index (κ2) is 7.49. The van der Waals surface area contributed by atoms with Crippen LogP contribution >= 0.6 is 0 Å². The molecule has 25 heavy (non-hydrogen) atoms. The number of halogens is 1. The summed E-state index contributed by atoms with van der Waals surface area (Å²) in [5.41, 5.74) is 6.30. The first kappa shape index (κ1) is 19.3. The van der Waals surface area contributed by atoms with Crippen LogP contribution in [0.15, 0.2) is 36.5 Å². The van der Waals surface area contributed by atoms with Gasteiger partial charge in [-0.05, 0) is 36.3 Å². The van der Waals surface area contributed by atoms with Crippen molar-refractivity contribution >= 4 is 14.3 Å². The SMILES string of the molecule is CC(C)(C)[Si](C)(C)OCC(Oc1cccc(F)c1)c1ccnc(N)n1. The molecule has 0 amide bonds. The average molecular weight is 364 g/mol. The van der Waals surface area contributed by atoms with Crippen molar-refractivity contribution in [1.29, 1.82) is 0 Å². The summed E-state index contributed by atoms with van der Waals surface area (Å²) in [6, 6.07) is 7.74. The fourth-order valence-corrected chi connectivity index (χ4v) is 2.95. The molecule has 1 aromatic carbocycles. The molecule has 1 heterocycles. The molecule has 0 saturated carbocycles. The lowest BCUT2D eigenvalue weighted by atomic mass is 10.2. The van der Waals surface area contributed by atoms with Crippen LogP contribution in [-0.4, -0.2) is 24.9 Å². The summed E-state index contributed by atoms with van der Waals surface area (Å²) in [6.45, 7) is 11.2. The summed E-state index contributed by atoms with van der Waals surface area (Å²) < 4.78 is 25.7. The van der Waals surface area contributed by atoms with E-state index in [0.29, 0.717) is 18.1 Å². The number of nitrogen functional groups attached to an aromatic ring is 1. The minimum atomic E-state index is -1.97. The van der Waals surface area contributed by atoms with Crippen molar-refractivity contribution < 1.29 is 13.6 Å². The van der Waals surface area contributed by atoms with Crippen LogP contribution < -0.4 is 10.5 Å². The Bertz CT molecular complexity index is 719. The first-order valence-electron chi connectivity index (χ1n) is 8.23. The maximum Gasteiger partial charge on any atom is 0.220 e. The maximum absolute atomic E-state index is 13.5. The summed E-state index contributed by atoms with van der Waals surface area (Å²) in [5.74, 6) is 0.224. The Labute approximate surface area is 149 Å². The predicted octanol–water partition coefficient (Wildman–Crippen LogP) is 4.34. The molecule has 0 fully saturated rings. The molecule has 1 atom stereocenters. The molecule has 2 rings (SSSR count). The predicted molar refractivity (Wildman–Crippen MR) is 99.4 cm³/mol. The van der Waals surface area contributed by atoms with Crippen LogP contribution in [0.25, 0.3) is 0 Å². The molecule has 0 spiro atoms. The molecule has 1 unspecified atom stereocenters. The van der Waals surface area contributed by atoms with E-state index in [2.05, 4.69) is 43.8 Å². The molecule has 0 saturated heterocycles. The van der Waals surface area contributed by atoms with E-state index in [-0.39, 0.29) is 16.8 Å². The van der Waals surface area contributed by atoms with E-state index >= 15 is 0 Å². The van der Waals surface area contributed by atoms with E-state index in [1.165, 1.54) is 12.1 Å². The van der Waals surface area contributed by atoms with Crippen LogP contribution in [0.2, 0.25) is 18.1 Å². The third kappa shape index (κ3) is 5.24. The van der Waals surface area contributed by atoms with Gasteiger partial charge in [0.1, 0.15) is 11.6 Å². The van der Waals surface area contributed by atoms with Crippen LogP contribution in [0.3, 0.4) is 0 Å². The molecule has 0 bridgehead atoms. The zero-order valence-electron chi connectivity index (χ0n) is 15.4. The van der Waals surface area contributed by atoms with Crippen molar-refractivity contribution in [3.05, 3.63) is 48.0 Å². The Morgan fingerprint density at radius 1 is 1.24 bits per heavy atom. The molecule has 2 N–H and O–H groups in total. The molecular weight excluding hydrogens is 337 g/mol. The minimum Gasteiger partial charge on any atom is -0.482 e. The van der Waals surface area contributed by atoms with Gasteiger partial charge >= 0.3 is 0 Å². The molecule has 1 aromatic heterocycles. The Kier molecular flexibility index (Phi) is 5.79. The third-order valence-electron chi connectivity index (χ3n) is 4.50. The van der Waals surface area contributed by atoms with Gasteiger partial charge in [0.05, 0.1) is 12.3 Å². The van der Waals surface area contributed by atoms with Crippen LogP contribution in [0.5, 0.6) is 5.75 Å². The average Bonchev–Trinajstić information content (AvgIpc) is 2.50. The molecule has 0 radical (unpaired) electrons. The van der Waals surface area contributed by atoms with Crippen molar-refractivity contribution in [3.8, 4) is 5.75 Å². The number of aromatic nitrogens is 2. The fourth-order valence-electron chi connectivity index (χ4n) is 1.95. The number of ether oxygens (including phenoxy) is 1. The molecule has 2 aromatic rings. The molecular formula is C18H26FN3O2Si. The zero-order valence-corrected chi connectivity index (χ0v) is 16.4. The second-order valence-corrected chi connectivity index (χ2v) is 12.3. The number of hydrogen-bond acceptors (Lipinski definition) is 5. The summed E-state index contributed by atoms with van der Waals surface area (Å²) in [4.78, 5) is 8.15. The highest BCUT2D eigenvalue weighted by Gasteiger charge is 2.38. The maximum atomic E-state index is 13.5. The van der Waals surface area contributed by atoms with E-state index in [1.807, 2.05) is 0 Å². The number of rotatable bonds is 6. The number of benzene rings is 1. The first-order valence-corrected chi connectivity index (χ1v) is 11.1. The Hall–Kier alpha value is -1.99. The van der Waals surface area contributed by atoms with Crippen LogP contribution in [0.4, 0.5) is 10.3 Å². The largest absolute Gasteiger partial charge is 0.482 e. The highest BCUT2D eigenvalue weighted by Crippen LogP contribution is 2.37. The number of nitrogens with two attached hydrogens (primary N) is 1. The van der Waals surface area contributed by atoms with Gasteiger partial charge in [-0.25, -0.2) is 14.4 Å². The van der Waals surface area contributed by atoms with Gasteiger partial charge in [0.25, 0.3) is 0 Å². The van der Waals surface area contributed by atoms with Gasteiger partial charge < -0.3 is 14.9 Å². The molecule has 0 aliphatic heterocycles. The Morgan fingerprint density at radius 3 is 2.56 bits per heavy atom. The summed E-state index contributed by atoms with van der Waals surface area (Å²) in [5, 5.41) is 0.0705. The lowest BCUT2D eigenvalue weighted by molar-refractivity contribution is 0.117. The zero-order chi connectivity index (χ0) is 18.7. The van der Waals surface area contributed by atoms with Crippen LogP contribution in [-0.2, 0) is 4.43 Å². The van der Waals surface area contributed by atoms with Crippen LogP contribution in [0, 0.1) is 5.82 Å². The fraction of sp³-hybridized carbons (Fsp3) is 0.444. The molecule has 0 aliphatic carbocycles. The van der Waals surface area contributed by atoms with Crippen LogP contribution in [0.1, 0.15) is 32.6 Å². The van der Waals surface area contributed by atoms with E-state index in [9.17, 15) is 4.39 Å². The van der Waals surface area contributed by atoms with Gasteiger partial charge in [0.15, 0.2) is 14.4 Å². The third-order valence-corrected chi connectivity index (χ3v) is 9.00.